The van der Waals surface area contributed by atoms with Crippen LogP contribution in [0.15, 0.2) is 58.1 Å². The second-order valence-corrected chi connectivity index (χ2v) is 9.47. The van der Waals surface area contributed by atoms with E-state index in [0.717, 1.165) is 18.9 Å². The molecule has 38 heavy (non-hydrogen) atoms. The fraction of sp³-hybridized carbons (Fsp3) is 0.296. The average molecular weight is 516 g/mol. The number of hydrogen-bond donors (Lipinski definition) is 2. The van der Waals surface area contributed by atoms with E-state index in [0.29, 0.717) is 30.2 Å². The van der Waals surface area contributed by atoms with E-state index in [9.17, 15) is 24.0 Å². The molecule has 5 rings (SSSR count). The second-order valence-electron chi connectivity index (χ2n) is 9.47. The summed E-state index contributed by atoms with van der Waals surface area (Å²) in [6, 6.07) is 13.4. The van der Waals surface area contributed by atoms with Crippen LogP contribution < -0.4 is 21.9 Å². The highest BCUT2D eigenvalue weighted by Gasteiger charge is 2.32. The van der Waals surface area contributed by atoms with Crippen LogP contribution in [0.3, 0.4) is 0 Å². The van der Waals surface area contributed by atoms with E-state index in [1.165, 1.54) is 29.8 Å². The molecule has 0 bridgehead atoms. The molecule has 1 saturated heterocycles. The van der Waals surface area contributed by atoms with Crippen molar-refractivity contribution in [3.05, 3.63) is 91.9 Å². The van der Waals surface area contributed by atoms with Gasteiger partial charge in [-0.2, -0.15) is 10.2 Å². The molecule has 194 valence electrons. The van der Waals surface area contributed by atoms with Gasteiger partial charge in [-0.1, -0.05) is 30.3 Å². The highest BCUT2D eigenvalue weighted by Crippen LogP contribution is 2.34. The molecule has 0 amide bonds. The number of nitrogens with one attached hydrogen (secondary N) is 1. The number of Topliss-reactive ketones (excluding diaryl/α,β-unsaturated/α-hetero) is 1. The summed E-state index contributed by atoms with van der Waals surface area (Å²) in [6.45, 7) is 1.06. The van der Waals surface area contributed by atoms with Gasteiger partial charge in [0.1, 0.15) is 5.82 Å². The van der Waals surface area contributed by atoms with Crippen molar-refractivity contribution in [3.8, 4) is 6.07 Å². The maximum atomic E-state index is 14.0. The Balaban J connectivity index is 1.79. The van der Waals surface area contributed by atoms with Crippen molar-refractivity contribution in [2.75, 3.05) is 18.0 Å². The van der Waals surface area contributed by atoms with Crippen molar-refractivity contribution in [2.24, 2.45) is 12.8 Å². The zero-order chi connectivity index (χ0) is 27.0. The van der Waals surface area contributed by atoms with Gasteiger partial charge in [-0.15, -0.1) is 0 Å². The van der Waals surface area contributed by atoms with Crippen LogP contribution in [0, 0.1) is 17.1 Å². The van der Waals surface area contributed by atoms with Crippen LogP contribution in [0.5, 0.6) is 0 Å². The maximum absolute atomic E-state index is 14.0. The van der Waals surface area contributed by atoms with E-state index in [4.69, 9.17) is 10.7 Å². The van der Waals surface area contributed by atoms with Gasteiger partial charge in [-0.25, -0.2) is 9.18 Å². The number of carbonyl (C=O) groups excluding carboxylic acids is 1. The molecule has 1 fully saturated rings. The zero-order valence-corrected chi connectivity index (χ0v) is 20.7. The lowest BCUT2D eigenvalue weighted by Gasteiger charge is -2.33. The minimum Gasteiger partial charge on any atom is -0.341 e. The molecule has 3 heterocycles. The second kappa shape index (κ2) is 10.1. The van der Waals surface area contributed by atoms with Gasteiger partial charge in [-0.05, 0) is 36.6 Å². The molecule has 0 radical (unpaired) electrons. The van der Waals surface area contributed by atoms with E-state index in [1.807, 2.05) is 4.90 Å². The summed E-state index contributed by atoms with van der Waals surface area (Å²) in [5.74, 6) is -0.564. The lowest BCUT2D eigenvalue weighted by atomic mass is 9.94. The van der Waals surface area contributed by atoms with Gasteiger partial charge in [0.15, 0.2) is 16.9 Å². The summed E-state index contributed by atoms with van der Waals surface area (Å²) in [6.07, 6.45) is 1.43. The molecule has 4 aromatic rings. The molecular weight excluding hydrogens is 489 g/mol. The normalized spacial score (nSPS) is 16.4. The fourth-order valence-corrected chi connectivity index (χ4v) is 5.09. The maximum Gasteiger partial charge on any atom is 0.329 e. The van der Waals surface area contributed by atoms with Crippen molar-refractivity contribution in [2.45, 2.75) is 31.3 Å². The van der Waals surface area contributed by atoms with Crippen LogP contribution >= 0.6 is 0 Å². The van der Waals surface area contributed by atoms with Gasteiger partial charge in [0, 0.05) is 38.2 Å². The van der Waals surface area contributed by atoms with E-state index in [2.05, 4.69) is 11.1 Å². The topological polar surface area (TPSA) is 143 Å². The molecule has 10 nitrogen and oxygen atoms in total. The number of nitriles is 1. The molecule has 1 aliphatic rings. The van der Waals surface area contributed by atoms with Crippen LogP contribution in [-0.2, 0) is 7.05 Å². The third-order valence-electron chi connectivity index (χ3n) is 6.95. The Kier molecular flexibility index (Phi) is 6.65. The van der Waals surface area contributed by atoms with E-state index in [1.54, 1.807) is 28.8 Å². The van der Waals surface area contributed by atoms with Gasteiger partial charge in [-0.3, -0.25) is 23.7 Å². The van der Waals surface area contributed by atoms with Crippen LogP contribution in [0.2, 0.25) is 0 Å². The first-order valence-corrected chi connectivity index (χ1v) is 12.3. The molecule has 0 saturated carbocycles. The molecule has 2 aromatic heterocycles. The third-order valence-corrected chi connectivity index (χ3v) is 6.95. The molecular formula is C27H26FN7O3. The van der Waals surface area contributed by atoms with Crippen LogP contribution in [0.4, 0.5) is 10.3 Å². The summed E-state index contributed by atoms with van der Waals surface area (Å²) < 4.78 is 16.8. The van der Waals surface area contributed by atoms with Gasteiger partial charge in [0.25, 0.3) is 5.56 Å². The molecule has 11 heteroatoms. The van der Waals surface area contributed by atoms with Gasteiger partial charge in [0.05, 0.1) is 17.7 Å². The van der Waals surface area contributed by atoms with E-state index in [-0.39, 0.29) is 35.0 Å². The number of aromatic nitrogens is 4. The highest BCUT2D eigenvalue weighted by atomic mass is 19.1. The number of hydrogen-bond acceptors (Lipinski definition) is 7. The summed E-state index contributed by atoms with van der Waals surface area (Å²) in [7, 11) is 1.50. The summed E-state index contributed by atoms with van der Waals surface area (Å²) in [5, 5.41) is 9.90. The number of fused-ring (bicyclic) bond motifs is 1. The minimum atomic E-state index is -0.863. The first-order valence-electron chi connectivity index (χ1n) is 12.3. The summed E-state index contributed by atoms with van der Waals surface area (Å²) >= 11 is 0. The Bertz CT molecular complexity index is 1700. The molecule has 0 aliphatic carbocycles. The number of aryl methyl sites for hydroxylation is 1. The molecule has 2 atom stereocenters. The molecule has 0 spiro atoms. The van der Waals surface area contributed by atoms with Crippen LogP contribution in [-0.4, -0.2) is 44.0 Å². The predicted octanol–water partition coefficient (Wildman–Crippen LogP) is 2.22. The average Bonchev–Trinajstić information content (AvgIpc) is 3.31. The standard InChI is InChI=1S/C27H26FN7O3/c1-33-24-23(25(37)32-27(33)38)35(26(31-24)34-11-5-9-19(30)15-34)21(20-10-3-2-6-17(20)14-29)13-22(36)16-7-4-8-18(28)12-16/h2-4,6-8,10,12,19,21H,5,9,11,13,15,30H2,1H3,(H,32,37,38). The van der Waals surface area contributed by atoms with Crippen molar-refractivity contribution in [3.63, 3.8) is 0 Å². The number of benzene rings is 2. The number of aromatic amines is 1. The van der Waals surface area contributed by atoms with E-state index < -0.39 is 23.1 Å². The molecule has 1 aliphatic heterocycles. The lowest BCUT2D eigenvalue weighted by Crippen LogP contribution is -2.44. The van der Waals surface area contributed by atoms with E-state index >= 15 is 0 Å². The first-order chi connectivity index (χ1) is 18.3. The van der Waals surface area contributed by atoms with Gasteiger partial charge >= 0.3 is 5.69 Å². The van der Waals surface area contributed by atoms with Crippen molar-refractivity contribution in [1.82, 2.24) is 19.1 Å². The number of rotatable bonds is 6. The number of piperidine rings is 1. The summed E-state index contributed by atoms with van der Waals surface area (Å²) in [5.41, 5.74) is 6.17. The Morgan fingerprint density at radius 1 is 1.26 bits per heavy atom. The smallest absolute Gasteiger partial charge is 0.329 e. The summed E-state index contributed by atoms with van der Waals surface area (Å²) in [4.78, 5) is 48.1. The third kappa shape index (κ3) is 4.50. The monoisotopic (exact) mass is 515 g/mol. The van der Waals surface area contributed by atoms with Gasteiger partial charge in [0.2, 0.25) is 5.95 Å². The first kappa shape index (κ1) is 25.1. The number of ketones is 1. The Morgan fingerprint density at radius 3 is 2.79 bits per heavy atom. The van der Waals surface area contributed by atoms with Crippen LogP contribution in [0.1, 0.15) is 46.8 Å². The number of carbonyl (C=O) groups is 1. The Morgan fingerprint density at radius 2 is 2.05 bits per heavy atom. The Labute approximate surface area is 216 Å². The highest BCUT2D eigenvalue weighted by molar-refractivity contribution is 5.96. The number of halogens is 1. The van der Waals surface area contributed by atoms with Crippen molar-refractivity contribution < 1.29 is 9.18 Å². The van der Waals surface area contributed by atoms with Gasteiger partial charge < -0.3 is 10.6 Å². The largest absolute Gasteiger partial charge is 0.341 e. The number of imidazole rings is 1. The number of anilines is 1. The minimum absolute atomic E-state index is 0.0889. The molecule has 3 N–H and O–H groups in total. The predicted molar refractivity (Wildman–Crippen MR) is 140 cm³/mol. The number of H-pyrrole nitrogens is 1. The Hall–Kier alpha value is -4.56. The molecule has 2 aromatic carbocycles. The van der Waals surface area contributed by atoms with Crippen molar-refractivity contribution in [1.29, 1.82) is 5.26 Å². The zero-order valence-electron chi connectivity index (χ0n) is 20.7. The quantitative estimate of drug-likeness (QED) is 0.375. The van der Waals surface area contributed by atoms with Crippen molar-refractivity contribution >= 4 is 22.9 Å². The lowest BCUT2D eigenvalue weighted by molar-refractivity contribution is 0.0969. The SMILES string of the molecule is Cn1c(=O)[nH]c(=O)c2c1nc(N1CCCC(N)C1)n2C(CC(=O)c1cccc(F)c1)c1ccccc1C#N. The fourth-order valence-electron chi connectivity index (χ4n) is 5.09. The number of nitrogens with zero attached hydrogens (tertiary/aromatic N) is 5. The molecule has 2 unspecified atom stereocenters. The number of nitrogens with two attached hydrogens (primary N) is 1. The van der Waals surface area contributed by atoms with Crippen LogP contribution in [0.25, 0.3) is 11.2 Å².